The predicted octanol–water partition coefficient (Wildman–Crippen LogP) is 4.86. The third kappa shape index (κ3) is 4.52. The van der Waals surface area contributed by atoms with Crippen molar-refractivity contribution in [3.8, 4) is 11.5 Å². The predicted molar refractivity (Wildman–Crippen MR) is 92.1 cm³/mol. The first kappa shape index (κ1) is 15.9. The Morgan fingerprint density at radius 2 is 1.55 bits per heavy atom. The molecular formula is C20H22O2. The Hall–Kier alpha value is -2.48. The summed E-state index contributed by atoms with van der Waals surface area (Å²) in [6, 6.07) is 13.4. The topological polar surface area (TPSA) is 40.5 Å². The van der Waals surface area contributed by atoms with Gasteiger partial charge < -0.3 is 10.2 Å². The highest BCUT2D eigenvalue weighted by atomic mass is 16.3. The van der Waals surface area contributed by atoms with Crippen molar-refractivity contribution in [3.05, 3.63) is 76.9 Å². The van der Waals surface area contributed by atoms with E-state index in [-0.39, 0.29) is 11.5 Å². The van der Waals surface area contributed by atoms with E-state index in [1.165, 1.54) is 11.6 Å². The molecule has 114 valence electrons. The van der Waals surface area contributed by atoms with Crippen LogP contribution in [0.2, 0.25) is 0 Å². The molecule has 2 N–H and O–H groups in total. The Morgan fingerprint density at radius 3 is 2.18 bits per heavy atom. The van der Waals surface area contributed by atoms with E-state index in [2.05, 4.69) is 6.08 Å². The van der Waals surface area contributed by atoms with Crippen molar-refractivity contribution in [2.45, 2.75) is 26.7 Å². The number of phenols is 2. The minimum atomic E-state index is 0.135. The van der Waals surface area contributed by atoms with Gasteiger partial charge in [-0.15, -0.1) is 0 Å². The Morgan fingerprint density at radius 1 is 0.909 bits per heavy atom. The molecule has 0 aromatic heterocycles. The second-order valence-corrected chi connectivity index (χ2v) is 5.61. The quantitative estimate of drug-likeness (QED) is 0.773. The van der Waals surface area contributed by atoms with Gasteiger partial charge in [-0.2, -0.15) is 0 Å². The van der Waals surface area contributed by atoms with Crippen LogP contribution in [0.15, 0.2) is 60.2 Å². The minimum Gasteiger partial charge on any atom is -0.508 e. The zero-order valence-corrected chi connectivity index (χ0v) is 13.1. The lowest BCUT2D eigenvalue weighted by Crippen LogP contribution is -1.90. The molecule has 22 heavy (non-hydrogen) atoms. The van der Waals surface area contributed by atoms with Crippen LogP contribution in [-0.2, 0) is 12.8 Å². The molecule has 0 aliphatic rings. The van der Waals surface area contributed by atoms with Crippen molar-refractivity contribution in [2.75, 3.05) is 0 Å². The lowest BCUT2D eigenvalue weighted by molar-refractivity contribution is 0.443. The highest BCUT2D eigenvalue weighted by Crippen LogP contribution is 2.28. The highest BCUT2D eigenvalue weighted by molar-refractivity contribution is 5.51. The maximum Gasteiger partial charge on any atom is 0.122 e. The molecule has 0 bridgehead atoms. The molecule has 2 heteroatoms. The van der Waals surface area contributed by atoms with Crippen LogP contribution in [0.1, 0.15) is 30.5 Å². The molecule has 0 saturated heterocycles. The van der Waals surface area contributed by atoms with Gasteiger partial charge in [0.05, 0.1) is 0 Å². The summed E-state index contributed by atoms with van der Waals surface area (Å²) in [6.07, 6.45) is 7.41. The van der Waals surface area contributed by atoms with Gasteiger partial charge in [-0.05, 0) is 49.4 Å². The number of hydrogen-bond donors (Lipinski definition) is 2. The third-order valence-electron chi connectivity index (χ3n) is 3.46. The summed E-state index contributed by atoms with van der Waals surface area (Å²) >= 11 is 0. The molecule has 2 aromatic carbocycles. The molecule has 0 radical (unpaired) electrons. The normalized spacial score (nSPS) is 10.8. The SMILES string of the molecule is CC(C)=CCc1cc(CC=Cc2ccccc2)c(O)cc1O. The zero-order valence-electron chi connectivity index (χ0n) is 13.1. The summed E-state index contributed by atoms with van der Waals surface area (Å²) in [7, 11) is 0. The number of phenolic OH excluding ortho intramolecular Hbond substituents is 2. The van der Waals surface area contributed by atoms with Gasteiger partial charge in [0.2, 0.25) is 0 Å². The molecule has 0 aliphatic carbocycles. The van der Waals surface area contributed by atoms with Gasteiger partial charge in [0, 0.05) is 6.07 Å². The van der Waals surface area contributed by atoms with Crippen molar-refractivity contribution >= 4 is 6.08 Å². The maximum atomic E-state index is 9.98. The van der Waals surface area contributed by atoms with Gasteiger partial charge in [0.25, 0.3) is 0 Å². The summed E-state index contributed by atoms with van der Waals surface area (Å²) in [6.45, 7) is 4.06. The molecule has 2 aromatic rings. The molecular weight excluding hydrogens is 272 g/mol. The number of rotatable bonds is 5. The number of hydrogen-bond acceptors (Lipinski definition) is 2. The van der Waals surface area contributed by atoms with E-state index < -0.39 is 0 Å². The summed E-state index contributed by atoms with van der Waals surface area (Å²) in [5, 5.41) is 19.9. The summed E-state index contributed by atoms with van der Waals surface area (Å²) in [5.74, 6) is 0.280. The van der Waals surface area contributed by atoms with Crippen molar-refractivity contribution in [3.63, 3.8) is 0 Å². The smallest absolute Gasteiger partial charge is 0.122 e. The average molecular weight is 294 g/mol. The summed E-state index contributed by atoms with van der Waals surface area (Å²) in [4.78, 5) is 0. The van der Waals surface area contributed by atoms with E-state index in [1.54, 1.807) is 0 Å². The first-order valence-corrected chi connectivity index (χ1v) is 7.45. The van der Waals surface area contributed by atoms with E-state index in [1.807, 2.05) is 62.4 Å². The Kier molecular flexibility index (Phi) is 5.42. The Bertz CT molecular complexity index is 678. The van der Waals surface area contributed by atoms with Crippen molar-refractivity contribution in [1.29, 1.82) is 0 Å². The number of benzene rings is 2. The van der Waals surface area contributed by atoms with E-state index in [4.69, 9.17) is 0 Å². The standard InChI is InChI=1S/C20H22O2/c1-15(2)11-12-18-13-17(19(21)14-20(18)22)10-6-9-16-7-4-3-5-8-16/h3-9,11,13-14,21-22H,10,12H2,1-2H3. The lowest BCUT2D eigenvalue weighted by atomic mass is 10.0. The van der Waals surface area contributed by atoms with Crippen LogP contribution in [0.25, 0.3) is 6.08 Å². The van der Waals surface area contributed by atoms with E-state index in [0.29, 0.717) is 12.8 Å². The Labute approximate surface area is 132 Å². The second kappa shape index (κ2) is 7.51. The van der Waals surface area contributed by atoms with Crippen molar-refractivity contribution < 1.29 is 10.2 Å². The average Bonchev–Trinajstić information content (AvgIpc) is 2.49. The van der Waals surface area contributed by atoms with Crippen LogP contribution in [0, 0.1) is 0 Å². The largest absolute Gasteiger partial charge is 0.508 e. The third-order valence-corrected chi connectivity index (χ3v) is 3.46. The molecule has 0 unspecified atom stereocenters. The summed E-state index contributed by atoms with van der Waals surface area (Å²) < 4.78 is 0. The van der Waals surface area contributed by atoms with Gasteiger partial charge in [-0.1, -0.05) is 54.1 Å². The monoisotopic (exact) mass is 294 g/mol. The molecule has 0 atom stereocenters. The van der Waals surface area contributed by atoms with Crippen molar-refractivity contribution in [1.82, 2.24) is 0 Å². The molecule has 0 aliphatic heterocycles. The van der Waals surface area contributed by atoms with Crippen LogP contribution in [0.3, 0.4) is 0 Å². The fraction of sp³-hybridized carbons (Fsp3) is 0.200. The van der Waals surface area contributed by atoms with Gasteiger partial charge in [0.1, 0.15) is 11.5 Å². The molecule has 0 heterocycles. The number of aromatic hydroxyl groups is 2. The van der Waals surface area contributed by atoms with E-state index >= 15 is 0 Å². The molecule has 0 amide bonds. The maximum absolute atomic E-state index is 9.98. The minimum absolute atomic E-state index is 0.135. The number of allylic oxidation sites excluding steroid dienone is 3. The second-order valence-electron chi connectivity index (χ2n) is 5.61. The highest BCUT2D eigenvalue weighted by Gasteiger charge is 2.07. The van der Waals surface area contributed by atoms with Crippen LogP contribution in [0.5, 0.6) is 11.5 Å². The molecule has 2 nitrogen and oxygen atoms in total. The van der Waals surface area contributed by atoms with Gasteiger partial charge in [-0.25, -0.2) is 0 Å². The summed E-state index contributed by atoms with van der Waals surface area (Å²) in [5.41, 5.74) is 3.99. The fourth-order valence-electron chi connectivity index (χ4n) is 2.20. The van der Waals surface area contributed by atoms with Crippen LogP contribution < -0.4 is 0 Å². The van der Waals surface area contributed by atoms with Gasteiger partial charge >= 0.3 is 0 Å². The van der Waals surface area contributed by atoms with Gasteiger partial charge in [0.15, 0.2) is 0 Å². The van der Waals surface area contributed by atoms with Crippen LogP contribution >= 0.6 is 0 Å². The van der Waals surface area contributed by atoms with Crippen molar-refractivity contribution in [2.24, 2.45) is 0 Å². The fourth-order valence-corrected chi connectivity index (χ4v) is 2.20. The van der Waals surface area contributed by atoms with E-state index in [0.717, 1.165) is 16.7 Å². The van der Waals surface area contributed by atoms with E-state index in [9.17, 15) is 10.2 Å². The lowest BCUT2D eigenvalue weighted by Gasteiger charge is -2.08. The van der Waals surface area contributed by atoms with Crippen LogP contribution in [-0.4, -0.2) is 10.2 Å². The molecule has 2 rings (SSSR count). The van der Waals surface area contributed by atoms with Crippen LogP contribution in [0.4, 0.5) is 0 Å². The first-order chi connectivity index (χ1) is 10.6. The molecule has 0 spiro atoms. The van der Waals surface area contributed by atoms with Gasteiger partial charge in [-0.3, -0.25) is 0 Å². The zero-order chi connectivity index (χ0) is 15.9. The first-order valence-electron chi connectivity index (χ1n) is 7.45. The molecule has 0 saturated carbocycles. The Balaban J connectivity index is 2.15. The molecule has 0 fully saturated rings.